The first-order valence-electron chi connectivity index (χ1n) is 5.34. The van der Waals surface area contributed by atoms with E-state index >= 15 is 0 Å². The number of benzene rings is 1. The minimum Gasteiger partial charge on any atom is -0.227 e. The Balaban J connectivity index is 2.30. The summed E-state index contributed by atoms with van der Waals surface area (Å²) in [5.41, 5.74) is 1.25. The van der Waals surface area contributed by atoms with Crippen molar-refractivity contribution >= 4 is 25.8 Å². The lowest BCUT2D eigenvalue weighted by atomic mass is 10.2. The van der Waals surface area contributed by atoms with Crippen LogP contribution in [-0.2, 0) is 15.6 Å². The molecule has 1 aromatic carbocycles. The molecule has 2 rings (SSSR count). The zero-order chi connectivity index (χ0) is 14.0. The standard InChI is InChI=1S/C12H10BrFN2O2S/c1-8-5-15-12(16-6-8)19(17,18)7-9-2-3-11(14)10(13)4-9/h2-6H,7H2,1H3. The first-order valence-corrected chi connectivity index (χ1v) is 7.78. The molecule has 0 radical (unpaired) electrons. The Morgan fingerprint density at radius 1 is 1.26 bits per heavy atom. The third kappa shape index (κ3) is 3.36. The van der Waals surface area contributed by atoms with E-state index in [9.17, 15) is 12.8 Å². The van der Waals surface area contributed by atoms with E-state index in [1.807, 2.05) is 0 Å². The second kappa shape index (κ2) is 5.34. The van der Waals surface area contributed by atoms with Gasteiger partial charge in [0.1, 0.15) is 5.82 Å². The van der Waals surface area contributed by atoms with E-state index in [4.69, 9.17) is 0 Å². The molecule has 0 aliphatic carbocycles. The van der Waals surface area contributed by atoms with Crippen LogP contribution in [0.5, 0.6) is 0 Å². The highest BCUT2D eigenvalue weighted by Gasteiger charge is 2.19. The molecule has 0 saturated carbocycles. The van der Waals surface area contributed by atoms with Crippen LogP contribution in [0.2, 0.25) is 0 Å². The minimum atomic E-state index is -3.63. The molecule has 1 aromatic heterocycles. The van der Waals surface area contributed by atoms with Crippen LogP contribution in [0.1, 0.15) is 11.1 Å². The highest BCUT2D eigenvalue weighted by Crippen LogP contribution is 2.20. The second-order valence-electron chi connectivity index (χ2n) is 4.05. The highest BCUT2D eigenvalue weighted by atomic mass is 79.9. The van der Waals surface area contributed by atoms with Crippen molar-refractivity contribution in [2.75, 3.05) is 0 Å². The van der Waals surface area contributed by atoms with E-state index in [-0.39, 0.29) is 15.4 Å². The van der Waals surface area contributed by atoms with Gasteiger partial charge in [0, 0.05) is 12.4 Å². The average molecular weight is 345 g/mol. The first-order chi connectivity index (χ1) is 8.88. The van der Waals surface area contributed by atoms with Gasteiger partial charge in [0.2, 0.25) is 15.0 Å². The van der Waals surface area contributed by atoms with E-state index in [1.165, 1.54) is 30.6 Å². The van der Waals surface area contributed by atoms with Gasteiger partial charge in [-0.05, 0) is 46.1 Å². The molecule has 0 bridgehead atoms. The van der Waals surface area contributed by atoms with Gasteiger partial charge in [-0.15, -0.1) is 0 Å². The molecule has 7 heteroatoms. The second-order valence-corrected chi connectivity index (χ2v) is 6.79. The van der Waals surface area contributed by atoms with Crippen LogP contribution in [-0.4, -0.2) is 18.4 Å². The summed E-state index contributed by atoms with van der Waals surface area (Å²) in [5.74, 6) is -0.706. The minimum absolute atomic E-state index is 0.224. The lowest BCUT2D eigenvalue weighted by molar-refractivity contribution is 0.585. The average Bonchev–Trinajstić information content (AvgIpc) is 2.34. The molecule has 0 fully saturated rings. The molecule has 0 spiro atoms. The van der Waals surface area contributed by atoms with Gasteiger partial charge in [-0.25, -0.2) is 22.8 Å². The molecular weight excluding hydrogens is 335 g/mol. The van der Waals surface area contributed by atoms with Gasteiger partial charge in [-0.1, -0.05) is 6.07 Å². The van der Waals surface area contributed by atoms with Crippen molar-refractivity contribution in [3.63, 3.8) is 0 Å². The van der Waals surface area contributed by atoms with E-state index in [0.29, 0.717) is 5.56 Å². The summed E-state index contributed by atoms with van der Waals surface area (Å²) in [6.45, 7) is 1.77. The fourth-order valence-electron chi connectivity index (χ4n) is 1.45. The van der Waals surface area contributed by atoms with Crippen LogP contribution in [0.3, 0.4) is 0 Å². The predicted octanol–water partition coefficient (Wildman–Crippen LogP) is 2.66. The van der Waals surface area contributed by atoms with E-state index in [1.54, 1.807) is 6.92 Å². The Hall–Kier alpha value is -1.34. The number of rotatable bonds is 3. The largest absolute Gasteiger partial charge is 0.247 e. The van der Waals surface area contributed by atoms with Crippen LogP contribution in [0.25, 0.3) is 0 Å². The molecule has 0 aliphatic rings. The number of aryl methyl sites for hydroxylation is 1. The Bertz CT molecular complexity index is 702. The van der Waals surface area contributed by atoms with E-state index in [2.05, 4.69) is 25.9 Å². The maximum atomic E-state index is 13.1. The van der Waals surface area contributed by atoms with Crippen LogP contribution < -0.4 is 0 Å². The predicted molar refractivity (Wildman–Crippen MR) is 71.8 cm³/mol. The summed E-state index contributed by atoms with van der Waals surface area (Å²) in [7, 11) is -3.63. The van der Waals surface area contributed by atoms with Gasteiger partial charge in [0.25, 0.3) is 0 Å². The highest BCUT2D eigenvalue weighted by molar-refractivity contribution is 9.10. The van der Waals surface area contributed by atoms with Gasteiger partial charge in [0.05, 0.1) is 10.2 Å². The lowest BCUT2D eigenvalue weighted by Crippen LogP contribution is -2.09. The van der Waals surface area contributed by atoms with Crippen molar-refractivity contribution in [2.24, 2.45) is 0 Å². The van der Waals surface area contributed by atoms with Crippen molar-refractivity contribution in [1.82, 2.24) is 9.97 Å². The summed E-state index contributed by atoms with van der Waals surface area (Å²) in [4.78, 5) is 7.60. The van der Waals surface area contributed by atoms with Gasteiger partial charge < -0.3 is 0 Å². The molecular formula is C12H10BrFN2O2S. The van der Waals surface area contributed by atoms with Gasteiger partial charge in [0.15, 0.2) is 0 Å². The van der Waals surface area contributed by atoms with E-state index < -0.39 is 15.7 Å². The number of hydrogen-bond donors (Lipinski definition) is 0. The van der Waals surface area contributed by atoms with Crippen molar-refractivity contribution in [3.05, 3.63) is 52.0 Å². The van der Waals surface area contributed by atoms with Crippen LogP contribution >= 0.6 is 15.9 Å². The summed E-state index contributed by atoms with van der Waals surface area (Å²) in [5, 5.41) is -0.224. The number of aromatic nitrogens is 2. The Kier molecular flexibility index (Phi) is 3.96. The van der Waals surface area contributed by atoms with Crippen LogP contribution in [0.15, 0.2) is 40.2 Å². The van der Waals surface area contributed by atoms with Crippen LogP contribution in [0.4, 0.5) is 4.39 Å². The molecule has 0 unspecified atom stereocenters. The summed E-state index contributed by atoms with van der Waals surface area (Å²) < 4.78 is 37.5. The molecule has 0 aliphatic heterocycles. The Morgan fingerprint density at radius 2 is 1.89 bits per heavy atom. The molecule has 0 N–H and O–H groups in total. The third-order valence-corrected chi connectivity index (χ3v) is 4.46. The molecule has 19 heavy (non-hydrogen) atoms. The summed E-state index contributed by atoms with van der Waals surface area (Å²) >= 11 is 3.02. The third-order valence-electron chi connectivity index (χ3n) is 2.38. The quantitative estimate of drug-likeness (QED) is 0.803. The molecule has 4 nitrogen and oxygen atoms in total. The van der Waals surface area contributed by atoms with Crippen molar-refractivity contribution in [2.45, 2.75) is 17.8 Å². The summed E-state index contributed by atoms with van der Waals surface area (Å²) in [6, 6.07) is 4.07. The summed E-state index contributed by atoms with van der Waals surface area (Å²) in [6.07, 6.45) is 2.89. The van der Waals surface area contributed by atoms with Crippen molar-refractivity contribution in [1.29, 1.82) is 0 Å². The molecule has 0 amide bonds. The first kappa shape index (κ1) is 14.1. The van der Waals surface area contributed by atoms with Crippen molar-refractivity contribution in [3.8, 4) is 0 Å². The van der Waals surface area contributed by atoms with Crippen molar-refractivity contribution < 1.29 is 12.8 Å². The maximum absolute atomic E-state index is 13.1. The smallest absolute Gasteiger partial charge is 0.227 e. The molecule has 0 atom stereocenters. The Labute approximate surface area is 118 Å². The normalized spacial score (nSPS) is 11.5. The SMILES string of the molecule is Cc1cnc(S(=O)(=O)Cc2ccc(F)c(Br)c2)nc1. The topological polar surface area (TPSA) is 59.9 Å². The molecule has 0 saturated heterocycles. The molecule has 100 valence electrons. The monoisotopic (exact) mass is 344 g/mol. The molecule has 1 heterocycles. The maximum Gasteiger partial charge on any atom is 0.247 e. The van der Waals surface area contributed by atoms with Gasteiger partial charge >= 0.3 is 0 Å². The number of halogens is 2. The number of sulfone groups is 1. The molecule has 2 aromatic rings. The number of nitrogens with zero attached hydrogens (tertiary/aromatic N) is 2. The zero-order valence-electron chi connectivity index (χ0n) is 9.97. The van der Waals surface area contributed by atoms with Gasteiger partial charge in [-0.3, -0.25) is 0 Å². The lowest BCUT2D eigenvalue weighted by Gasteiger charge is -2.04. The van der Waals surface area contributed by atoms with E-state index in [0.717, 1.165) is 5.56 Å². The Morgan fingerprint density at radius 3 is 2.47 bits per heavy atom. The van der Waals surface area contributed by atoms with Crippen LogP contribution in [0, 0.1) is 12.7 Å². The zero-order valence-corrected chi connectivity index (χ0v) is 12.4. The fraction of sp³-hybridized carbons (Fsp3) is 0.167. The number of hydrogen-bond acceptors (Lipinski definition) is 4. The fourth-order valence-corrected chi connectivity index (χ4v) is 3.06. The van der Waals surface area contributed by atoms with Gasteiger partial charge in [-0.2, -0.15) is 0 Å².